The molecule has 1 N–H and O–H groups in total. The first-order valence-electron chi connectivity index (χ1n) is 8.25. The topological polar surface area (TPSA) is 32.3 Å². The van der Waals surface area contributed by atoms with Crippen molar-refractivity contribution < 1.29 is 4.79 Å². The van der Waals surface area contributed by atoms with Crippen molar-refractivity contribution in [3.8, 4) is 0 Å². The average Bonchev–Trinajstić information content (AvgIpc) is 3.16. The summed E-state index contributed by atoms with van der Waals surface area (Å²) in [5.41, 5.74) is 0. The summed E-state index contributed by atoms with van der Waals surface area (Å²) < 4.78 is 0. The fourth-order valence-electron chi connectivity index (χ4n) is 3.90. The van der Waals surface area contributed by atoms with Crippen LogP contribution in [0.15, 0.2) is 17.5 Å². The smallest absolute Gasteiger partial charge is 0.241 e. The van der Waals surface area contributed by atoms with Crippen LogP contribution in [0.3, 0.4) is 0 Å². The third-order valence-electron chi connectivity index (χ3n) is 5.36. The first kappa shape index (κ1) is 15.0. The van der Waals surface area contributed by atoms with Gasteiger partial charge in [-0.15, -0.1) is 11.3 Å². The number of nitrogens with zero attached hydrogens (tertiary/aromatic N) is 1. The molecule has 0 spiro atoms. The van der Waals surface area contributed by atoms with Gasteiger partial charge in [-0.1, -0.05) is 33.3 Å². The molecule has 4 heteroatoms. The number of hydrogen-bond donors (Lipinski definition) is 1. The Labute approximate surface area is 131 Å². The zero-order valence-electron chi connectivity index (χ0n) is 13.2. The average molecular weight is 306 g/mol. The van der Waals surface area contributed by atoms with Crippen LogP contribution in [0, 0.1) is 11.8 Å². The van der Waals surface area contributed by atoms with E-state index in [4.69, 9.17) is 0 Å². The van der Waals surface area contributed by atoms with Gasteiger partial charge in [0.05, 0.1) is 6.04 Å². The molecule has 0 bridgehead atoms. The van der Waals surface area contributed by atoms with Gasteiger partial charge in [-0.05, 0) is 42.5 Å². The number of hydrogen-bond acceptors (Lipinski definition) is 3. The second kappa shape index (κ2) is 6.09. The van der Waals surface area contributed by atoms with Crippen LogP contribution >= 0.6 is 11.3 Å². The van der Waals surface area contributed by atoms with E-state index in [1.807, 2.05) is 0 Å². The van der Waals surface area contributed by atoms with Crippen LogP contribution < -0.4 is 5.32 Å². The summed E-state index contributed by atoms with van der Waals surface area (Å²) in [5, 5.41) is 5.70. The molecule has 1 aliphatic heterocycles. The molecule has 0 radical (unpaired) electrons. The summed E-state index contributed by atoms with van der Waals surface area (Å²) in [7, 11) is 0. The lowest BCUT2D eigenvalue weighted by atomic mass is 9.96. The largest absolute Gasteiger partial charge is 0.317 e. The minimum Gasteiger partial charge on any atom is -0.317 e. The molecular weight excluding hydrogens is 280 g/mol. The lowest BCUT2D eigenvalue weighted by Gasteiger charge is -2.33. The van der Waals surface area contributed by atoms with Gasteiger partial charge in [-0.2, -0.15) is 0 Å². The summed E-state index contributed by atoms with van der Waals surface area (Å²) >= 11 is 1.75. The molecule has 1 saturated heterocycles. The Balaban J connectivity index is 1.88. The summed E-state index contributed by atoms with van der Waals surface area (Å²) in [6, 6.07) is 4.64. The van der Waals surface area contributed by atoms with E-state index in [9.17, 15) is 4.79 Å². The minimum atomic E-state index is 0.00482. The Hall–Kier alpha value is -0.870. The van der Waals surface area contributed by atoms with Gasteiger partial charge in [0.1, 0.15) is 6.17 Å². The maximum absolute atomic E-state index is 12.9. The van der Waals surface area contributed by atoms with Gasteiger partial charge in [0.15, 0.2) is 0 Å². The summed E-state index contributed by atoms with van der Waals surface area (Å²) in [6.07, 6.45) is 4.47. The maximum atomic E-state index is 12.9. The molecule has 5 atom stereocenters. The molecular formula is C17H26N2OS. The van der Waals surface area contributed by atoms with Crippen LogP contribution in [-0.2, 0) is 4.79 Å². The van der Waals surface area contributed by atoms with Crippen LogP contribution in [-0.4, -0.2) is 22.9 Å². The van der Waals surface area contributed by atoms with Crippen LogP contribution in [0.4, 0.5) is 0 Å². The molecule has 116 valence electrons. The highest BCUT2D eigenvalue weighted by Gasteiger charge is 2.46. The van der Waals surface area contributed by atoms with Crippen LogP contribution in [0.2, 0.25) is 0 Å². The molecule has 1 amide bonds. The van der Waals surface area contributed by atoms with Gasteiger partial charge < -0.3 is 4.90 Å². The van der Waals surface area contributed by atoms with Crippen molar-refractivity contribution in [1.29, 1.82) is 0 Å². The van der Waals surface area contributed by atoms with E-state index in [-0.39, 0.29) is 12.2 Å². The van der Waals surface area contributed by atoms with Crippen LogP contribution in [0.25, 0.3) is 0 Å². The lowest BCUT2D eigenvalue weighted by Crippen LogP contribution is -2.42. The molecule has 0 aromatic carbocycles. The predicted molar refractivity (Wildman–Crippen MR) is 87.1 cm³/mol. The molecule has 1 saturated carbocycles. The van der Waals surface area contributed by atoms with Crippen molar-refractivity contribution in [2.75, 3.05) is 0 Å². The van der Waals surface area contributed by atoms with Crippen molar-refractivity contribution >= 4 is 17.2 Å². The quantitative estimate of drug-likeness (QED) is 0.918. The van der Waals surface area contributed by atoms with E-state index in [0.29, 0.717) is 17.9 Å². The number of rotatable bonds is 4. The standard InChI is InChI=1S/C17H26N2OS/c1-4-6-13-17(20)19(14-9-8-11(2)12(14)3)16(18-13)15-7-5-10-21-15/h5,7,10-14,16,18H,4,6,8-9H2,1-3H3. The number of nitrogens with one attached hydrogen (secondary N) is 1. The highest BCUT2D eigenvalue weighted by molar-refractivity contribution is 7.10. The molecule has 2 fully saturated rings. The number of carbonyl (C=O) groups is 1. The summed E-state index contributed by atoms with van der Waals surface area (Å²) in [5.74, 6) is 1.64. The predicted octanol–water partition coefficient (Wildman–Crippen LogP) is 3.78. The zero-order valence-corrected chi connectivity index (χ0v) is 14.0. The number of amides is 1. The van der Waals surface area contributed by atoms with Crippen molar-refractivity contribution in [2.24, 2.45) is 11.8 Å². The molecule has 2 heterocycles. The Kier molecular flexibility index (Phi) is 4.36. The molecule has 1 aliphatic carbocycles. The Morgan fingerprint density at radius 3 is 2.76 bits per heavy atom. The van der Waals surface area contributed by atoms with E-state index >= 15 is 0 Å². The Morgan fingerprint density at radius 2 is 2.19 bits per heavy atom. The van der Waals surface area contributed by atoms with Gasteiger partial charge in [0.2, 0.25) is 5.91 Å². The third kappa shape index (κ3) is 2.64. The number of thiophene rings is 1. The monoisotopic (exact) mass is 306 g/mol. The van der Waals surface area contributed by atoms with E-state index in [1.54, 1.807) is 11.3 Å². The molecule has 3 nitrogen and oxygen atoms in total. The molecule has 1 aromatic heterocycles. The van der Waals surface area contributed by atoms with Crippen LogP contribution in [0.5, 0.6) is 0 Å². The SMILES string of the molecule is CCCC1NC(c2cccs2)N(C2CCC(C)C2C)C1=O. The van der Waals surface area contributed by atoms with Crippen molar-refractivity contribution in [1.82, 2.24) is 10.2 Å². The van der Waals surface area contributed by atoms with Gasteiger partial charge in [-0.3, -0.25) is 10.1 Å². The molecule has 5 unspecified atom stereocenters. The van der Waals surface area contributed by atoms with Crippen LogP contribution in [0.1, 0.15) is 57.5 Å². The van der Waals surface area contributed by atoms with Gasteiger partial charge in [-0.25, -0.2) is 0 Å². The first-order valence-corrected chi connectivity index (χ1v) is 9.13. The third-order valence-corrected chi connectivity index (χ3v) is 6.28. The number of carbonyl (C=O) groups excluding carboxylic acids is 1. The van der Waals surface area contributed by atoms with E-state index in [2.05, 4.69) is 48.5 Å². The van der Waals surface area contributed by atoms with Gasteiger partial charge >= 0.3 is 0 Å². The first-order chi connectivity index (χ1) is 10.1. The second-order valence-electron chi connectivity index (χ2n) is 6.65. The zero-order chi connectivity index (χ0) is 15.0. The second-order valence-corrected chi connectivity index (χ2v) is 7.63. The molecule has 3 rings (SSSR count). The lowest BCUT2D eigenvalue weighted by molar-refractivity contribution is -0.133. The molecule has 21 heavy (non-hydrogen) atoms. The highest BCUT2D eigenvalue weighted by atomic mass is 32.1. The van der Waals surface area contributed by atoms with E-state index in [0.717, 1.165) is 25.2 Å². The molecule has 1 aromatic rings. The Morgan fingerprint density at radius 1 is 1.38 bits per heavy atom. The summed E-state index contributed by atoms with van der Waals surface area (Å²) in [4.78, 5) is 16.4. The van der Waals surface area contributed by atoms with Crippen molar-refractivity contribution in [2.45, 2.75) is 64.7 Å². The van der Waals surface area contributed by atoms with Gasteiger partial charge in [0.25, 0.3) is 0 Å². The highest BCUT2D eigenvalue weighted by Crippen LogP contribution is 2.41. The normalized spacial score (nSPS) is 36.6. The Bertz CT molecular complexity index is 487. The minimum absolute atomic E-state index is 0.00482. The van der Waals surface area contributed by atoms with Crippen molar-refractivity contribution in [3.05, 3.63) is 22.4 Å². The van der Waals surface area contributed by atoms with Crippen molar-refractivity contribution in [3.63, 3.8) is 0 Å². The maximum Gasteiger partial charge on any atom is 0.241 e. The van der Waals surface area contributed by atoms with E-state index < -0.39 is 0 Å². The molecule has 2 aliphatic rings. The van der Waals surface area contributed by atoms with Gasteiger partial charge in [0, 0.05) is 10.9 Å². The fraction of sp³-hybridized carbons (Fsp3) is 0.706. The summed E-state index contributed by atoms with van der Waals surface area (Å²) in [6.45, 7) is 6.79. The fourth-order valence-corrected chi connectivity index (χ4v) is 4.68. The van der Waals surface area contributed by atoms with E-state index in [1.165, 1.54) is 11.3 Å².